The molecule has 2 aromatic carbocycles. The number of carbonyl (C=O) groups is 1. The lowest BCUT2D eigenvalue weighted by Gasteiger charge is -2.27. The maximum Gasteiger partial charge on any atom is 0.255 e. The number of anilines is 3. The average molecular weight is 359 g/mol. The van der Waals surface area contributed by atoms with Crippen LogP contribution in [0, 0.1) is 0 Å². The summed E-state index contributed by atoms with van der Waals surface area (Å²) in [5.41, 5.74) is 3.40. The van der Waals surface area contributed by atoms with Crippen molar-refractivity contribution in [3.8, 4) is 0 Å². The highest BCUT2D eigenvalue weighted by Crippen LogP contribution is 2.25. The van der Waals surface area contributed by atoms with Crippen molar-refractivity contribution in [2.75, 3.05) is 47.9 Å². The summed E-state index contributed by atoms with van der Waals surface area (Å²) in [5, 5.41) is 6.00. The number of hydrogen-bond acceptors (Lipinski definition) is 6. The summed E-state index contributed by atoms with van der Waals surface area (Å²) in [6, 6.07) is 15.1. The highest BCUT2D eigenvalue weighted by molar-refractivity contribution is 8.00. The zero-order chi connectivity index (χ0) is 17.5. The first-order chi connectivity index (χ1) is 12.3. The molecule has 0 saturated carbocycles. The Hall–Kier alpha value is -2.22. The molecule has 0 radical (unpaired) electrons. The lowest BCUT2D eigenvalue weighted by Crippen LogP contribution is -2.26. The minimum atomic E-state index is -0.126. The number of nitrogens with one attached hydrogen (secondary N) is 2. The maximum atomic E-state index is 12.4. The summed E-state index contributed by atoms with van der Waals surface area (Å²) in [4.78, 5) is 12.4. The summed E-state index contributed by atoms with van der Waals surface area (Å²) in [6.45, 7) is 2.02. The van der Waals surface area contributed by atoms with E-state index in [1.807, 2.05) is 48.5 Å². The quantitative estimate of drug-likeness (QED) is 0.609. The monoisotopic (exact) mass is 359 g/mol. The van der Waals surface area contributed by atoms with Gasteiger partial charge in [-0.2, -0.15) is 0 Å². The Balaban J connectivity index is 1.59. The molecular formula is C18H21N3O3S. The minimum Gasteiger partial charge on any atom is -0.367 e. The van der Waals surface area contributed by atoms with E-state index in [2.05, 4.69) is 14.9 Å². The van der Waals surface area contributed by atoms with Crippen molar-refractivity contribution in [3.63, 3.8) is 0 Å². The van der Waals surface area contributed by atoms with Gasteiger partial charge in [-0.1, -0.05) is 0 Å². The molecule has 0 atom stereocenters. The number of methoxy groups -OCH3 is 1. The van der Waals surface area contributed by atoms with Crippen molar-refractivity contribution < 1.29 is 14.3 Å². The van der Waals surface area contributed by atoms with Crippen LogP contribution in [0.4, 0.5) is 17.1 Å². The first-order valence-corrected chi connectivity index (χ1v) is 8.93. The fourth-order valence-corrected chi connectivity index (χ4v) is 3.18. The van der Waals surface area contributed by atoms with Crippen molar-refractivity contribution in [1.29, 1.82) is 0 Å². The second kappa shape index (κ2) is 8.75. The van der Waals surface area contributed by atoms with Crippen LogP contribution in [0.5, 0.6) is 0 Å². The minimum absolute atomic E-state index is 0.126. The molecule has 0 spiro atoms. The first kappa shape index (κ1) is 17.6. The van der Waals surface area contributed by atoms with Gasteiger partial charge in [-0.25, -0.2) is 0 Å². The van der Waals surface area contributed by atoms with E-state index >= 15 is 0 Å². The predicted molar refractivity (Wildman–Crippen MR) is 102 cm³/mol. The lowest BCUT2D eigenvalue weighted by molar-refractivity contribution is 0.102. The Morgan fingerprint density at radius 2 is 1.88 bits per heavy atom. The van der Waals surface area contributed by atoms with Crippen LogP contribution in [-0.2, 0) is 9.47 Å². The Morgan fingerprint density at radius 3 is 2.52 bits per heavy atom. The fourth-order valence-electron chi connectivity index (χ4n) is 2.38. The van der Waals surface area contributed by atoms with Gasteiger partial charge in [0, 0.05) is 29.7 Å². The zero-order valence-electron chi connectivity index (χ0n) is 14.0. The molecule has 6 nitrogen and oxygen atoms in total. The first-order valence-electron chi connectivity index (χ1n) is 7.99. The number of rotatable bonds is 6. The van der Waals surface area contributed by atoms with E-state index in [-0.39, 0.29) is 5.91 Å². The predicted octanol–water partition coefficient (Wildman–Crippen LogP) is 3.40. The third-order valence-corrected chi connectivity index (χ3v) is 4.69. The number of nitrogens with zero attached hydrogens (tertiary/aromatic N) is 1. The molecule has 1 fully saturated rings. The molecule has 0 unspecified atom stereocenters. The Kier molecular flexibility index (Phi) is 6.16. The molecule has 132 valence electrons. The van der Waals surface area contributed by atoms with Crippen LogP contribution in [0.15, 0.2) is 48.5 Å². The summed E-state index contributed by atoms with van der Waals surface area (Å²) < 4.78 is 12.5. The van der Waals surface area contributed by atoms with E-state index in [0.717, 1.165) is 30.2 Å². The van der Waals surface area contributed by atoms with E-state index in [0.29, 0.717) is 18.2 Å². The van der Waals surface area contributed by atoms with Gasteiger partial charge in [-0.15, -0.1) is 0 Å². The summed E-state index contributed by atoms with van der Waals surface area (Å²) in [7, 11) is 1.63. The van der Waals surface area contributed by atoms with Gasteiger partial charge in [0.05, 0.1) is 13.2 Å². The Labute approximate surface area is 151 Å². The Morgan fingerprint density at radius 1 is 1.16 bits per heavy atom. The third kappa shape index (κ3) is 4.88. The molecular weight excluding hydrogens is 338 g/mol. The van der Waals surface area contributed by atoms with Gasteiger partial charge < -0.3 is 24.4 Å². The highest BCUT2D eigenvalue weighted by atomic mass is 32.2. The van der Waals surface area contributed by atoms with Gasteiger partial charge in [0.15, 0.2) is 0 Å². The number of ether oxygens (including phenoxy) is 2. The van der Waals surface area contributed by atoms with Crippen molar-refractivity contribution in [2.24, 2.45) is 0 Å². The summed E-state index contributed by atoms with van der Waals surface area (Å²) >= 11 is 1.64. The molecule has 2 aromatic rings. The van der Waals surface area contributed by atoms with Crippen LogP contribution in [0.1, 0.15) is 10.4 Å². The van der Waals surface area contributed by atoms with Crippen molar-refractivity contribution in [2.45, 2.75) is 0 Å². The average Bonchev–Trinajstić information content (AvgIpc) is 2.68. The van der Waals surface area contributed by atoms with Gasteiger partial charge in [-0.3, -0.25) is 4.79 Å². The molecule has 2 N–H and O–H groups in total. The molecule has 1 aliphatic rings. The standard InChI is InChI=1S/C18H21N3O3S/c1-23-12-19-15-4-6-16(7-5-15)20-18(22)14-2-8-17(9-3-14)21-10-11-24-13-25-21/h2-9,19H,10-13H2,1H3,(H,20,22). The van der Waals surface area contributed by atoms with Crippen LogP contribution in [0.3, 0.4) is 0 Å². The molecule has 7 heteroatoms. The molecule has 25 heavy (non-hydrogen) atoms. The molecule has 3 rings (SSSR count). The number of amides is 1. The van der Waals surface area contributed by atoms with Gasteiger partial charge in [0.1, 0.15) is 12.7 Å². The van der Waals surface area contributed by atoms with Gasteiger partial charge in [0.2, 0.25) is 0 Å². The molecule has 1 saturated heterocycles. The van der Waals surface area contributed by atoms with E-state index in [9.17, 15) is 4.79 Å². The van der Waals surface area contributed by atoms with Crippen LogP contribution in [0.2, 0.25) is 0 Å². The van der Waals surface area contributed by atoms with Gasteiger partial charge in [-0.05, 0) is 60.5 Å². The third-order valence-electron chi connectivity index (χ3n) is 3.71. The van der Waals surface area contributed by atoms with Crippen LogP contribution >= 0.6 is 11.9 Å². The zero-order valence-corrected chi connectivity index (χ0v) is 14.8. The second-order valence-corrected chi connectivity index (χ2v) is 6.38. The molecule has 0 aliphatic carbocycles. The lowest BCUT2D eigenvalue weighted by atomic mass is 10.2. The van der Waals surface area contributed by atoms with Gasteiger partial charge >= 0.3 is 0 Å². The number of hydrogen-bond donors (Lipinski definition) is 2. The topological polar surface area (TPSA) is 62.8 Å². The van der Waals surface area contributed by atoms with Crippen molar-refractivity contribution >= 4 is 34.9 Å². The molecule has 1 aliphatic heterocycles. The number of benzene rings is 2. The fraction of sp³-hybridized carbons (Fsp3) is 0.278. The van der Waals surface area contributed by atoms with E-state index in [1.54, 1.807) is 19.1 Å². The van der Waals surface area contributed by atoms with E-state index < -0.39 is 0 Å². The van der Waals surface area contributed by atoms with Gasteiger partial charge in [0.25, 0.3) is 5.91 Å². The van der Waals surface area contributed by atoms with Crippen LogP contribution in [0.25, 0.3) is 0 Å². The summed E-state index contributed by atoms with van der Waals surface area (Å²) in [5.74, 6) is 0.538. The number of carbonyl (C=O) groups excluding carboxylic acids is 1. The van der Waals surface area contributed by atoms with Crippen LogP contribution in [-0.4, -0.2) is 38.8 Å². The summed E-state index contributed by atoms with van der Waals surface area (Å²) in [6.07, 6.45) is 0. The smallest absolute Gasteiger partial charge is 0.255 e. The Bertz CT molecular complexity index is 686. The second-order valence-electron chi connectivity index (χ2n) is 5.45. The SMILES string of the molecule is COCNc1ccc(NC(=O)c2ccc(N3CCOCS3)cc2)cc1. The van der Waals surface area contributed by atoms with Crippen molar-refractivity contribution in [3.05, 3.63) is 54.1 Å². The highest BCUT2D eigenvalue weighted by Gasteiger charge is 2.13. The molecule has 0 aromatic heterocycles. The maximum absolute atomic E-state index is 12.4. The normalized spacial score (nSPS) is 14.2. The van der Waals surface area contributed by atoms with E-state index in [4.69, 9.17) is 9.47 Å². The molecule has 1 heterocycles. The molecule has 0 bridgehead atoms. The van der Waals surface area contributed by atoms with Crippen LogP contribution < -0.4 is 14.9 Å². The largest absolute Gasteiger partial charge is 0.367 e. The van der Waals surface area contributed by atoms with Crippen molar-refractivity contribution in [1.82, 2.24) is 0 Å². The van der Waals surface area contributed by atoms with E-state index in [1.165, 1.54) is 0 Å². The molecule has 1 amide bonds.